The van der Waals surface area contributed by atoms with E-state index in [9.17, 15) is 13.6 Å². The maximum atomic E-state index is 13.8. The molecular formula is C15H18Cl2F2N4OS. The second kappa shape index (κ2) is 9.28. The standard InChI is InChI=1S/C15H16F2N4OS.2ClH/c16-10-2-1-3-11(17)14(10)21-5-4-9(7-21)19-15(22)12-8-23-13(6-18)20-12;;/h1-3,8-9H,4-7,18H2,(H,19,22);2*1H. The number of nitrogens with zero attached hydrogens (tertiary/aromatic N) is 2. The molecule has 1 aliphatic rings. The molecule has 1 aliphatic heterocycles. The molecule has 25 heavy (non-hydrogen) atoms. The molecular weight excluding hydrogens is 393 g/mol. The molecule has 1 atom stereocenters. The zero-order valence-corrected chi connectivity index (χ0v) is 15.5. The Balaban J connectivity index is 0.00000156. The number of amides is 1. The van der Waals surface area contributed by atoms with Gasteiger partial charge in [0.2, 0.25) is 0 Å². The van der Waals surface area contributed by atoms with Crippen LogP contribution in [0.3, 0.4) is 0 Å². The lowest BCUT2D eigenvalue weighted by atomic mass is 10.2. The maximum Gasteiger partial charge on any atom is 0.271 e. The van der Waals surface area contributed by atoms with Crippen LogP contribution in [0.5, 0.6) is 0 Å². The number of para-hydroxylation sites is 1. The van der Waals surface area contributed by atoms with E-state index in [-0.39, 0.29) is 42.5 Å². The van der Waals surface area contributed by atoms with Gasteiger partial charge < -0.3 is 16.0 Å². The highest BCUT2D eigenvalue weighted by atomic mass is 35.5. The minimum Gasteiger partial charge on any atom is -0.365 e. The number of nitrogens with two attached hydrogens (primary N) is 1. The SMILES string of the molecule is Cl.Cl.NCc1nc(C(=O)NC2CCN(c3c(F)cccc3F)C2)cs1. The Labute approximate surface area is 160 Å². The first-order valence-electron chi connectivity index (χ1n) is 7.22. The fraction of sp³-hybridized carbons (Fsp3) is 0.333. The van der Waals surface area contributed by atoms with Gasteiger partial charge in [0.05, 0.1) is 0 Å². The van der Waals surface area contributed by atoms with Gasteiger partial charge >= 0.3 is 0 Å². The normalized spacial score (nSPS) is 16.1. The van der Waals surface area contributed by atoms with Crippen molar-refractivity contribution in [1.82, 2.24) is 10.3 Å². The summed E-state index contributed by atoms with van der Waals surface area (Å²) in [6, 6.07) is 3.62. The number of benzene rings is 1. The molecule has 0 bridgehead atoms. The molecule has 2 aromatic rings. The fourth-order valence-corrected chi connectivity index (χ4v) is 3.30. The molecule has 1 saturated heterocycles. The largest absolute Gasteiger partial charge is 0.365 e. The average Bonchev–Trinajstić information content (AvgIpc) is 3.16. The lowest BCUT2D eigenvalue weighted by Crippen LogP contribution is -2.37. The lowest BCUT2D eigenvalue weighted by Gasteiger charge is -2.20. The van der Waals surface area contributed by atoms with E-state index in [1.54, 1.807) is 10.3 Å². The van der Waals surface area contributed by atoms with Crippen LogP contribution in [0.1, 0.15) is 21.9 Å². The van der Waals surface area contributed by atoms with Crippen LogP contribution in [0.4, 0.5) is 14.5 Å². The van der Waals surface area contributed by atoms with E-state index in [2.05, 4.69) is 10.3 Å². The maximum absolute atomic E-state index is 13.8. The molecule has 1 unspecified atom stereocenters. The summed E-state index contributed by atoms with van der Waals surface area (Å²) in [7, 11) is 0. The van der Waals surface area contributed by atoms with E-state index < -0.39 is 11.6 Å². The van der Waals surface area contributed by atoms with Gasteiger partial charge in [-0.05, 0) is 18.6 Å². The monoisotopic (exact) mass is 410 g/mol. The Morgan fingerprint density at radius 2 is 2.04 bits per heavy atom. The molecule has 3 N–H and O–H groups in total. The van der Waals surface area contributed by atoms with Crippen molar-refractivity contribution in [3.8, 4) is 0 Å². The zero-order valence-electron chi connectivity index (χ0n) is 13.1. The summed E-state index contributed by atoms with van der Waals surface area (Å²) in [6.07, 6.45) is 0.618. The fourth-order valence-electron chi connectivity index (χ4n) is 2.64. The predicted octanol–water partition coefficient (Wildman–Crippen LogP) is 2.73. The van der Waals surface area contributed by atoms with Crippen molar-refractivity contribution in [2.45, 2.75) is 19.0 Å². The first-order chi connectivity index (χ1) is 11.1. The van der Waals surface area contributed by atoms with Gasteiger partial charge in [0.15, 0.2) is 0 Å². The minimum atomic E-state index is -0.593. The van der Waals surface area contributed by atoms with Gasteiger partial charge in [0.25, 0.3) is 5.91 Å². The number of halogens is 4. The second-order valence-corrected chi connectivity index (χ2v) is 6.25. The first kappa shape index (κ1) is 21.6. The van der Waals surface area contributed by atoms with Gasteiger partial charge in [-0.2, -0.15) is 0 Å². The van der Waals surface area contributed by atoms with Crippen LogP contribution in [0.25, 0.3) is 0 Å². The molecule has 1 aromatic carbocycles. The van der Waals surface area contributed by atoms with Crippen LogP contribution in [0, 0.1) is 11.6 Å². The molecule has 5 nitrogen and oxygen atoms in total. The Morgan fingerprint density at radius 3 is 2.64 bits per heavy atom. The van der Waals surface area contributed by atoms with E-state index >= 15 is 0 Å². The topological polar surface area (TPSA) is 71.2 Å². The van der Waals surface area contributed by atoms with E-state index in [0.717, 1.165) is 0 Å². The van der Waals surface area contributed by atoms with Crippen LogP contribution in [-0.4, -0.2) is 30.0 Å². The molecule has 1 fully saturated rings. The third-order valence-electron chi connectivity index (χ3n) is 3.74. The number of carbonyl (C=O) groups excluding carboxylic acids is 1. The Morgan fingerprint density at radius 1 is 1.36 bits per heavy atom. The van der Waals surface area contributed by atoms with Crippen molar-refractivity contribution in [2.24, 2.45) is 5.73 Å². The Bertz CT molecular complexity index is 711. The number of thiazole rings is 1. The van der Waals surface area contributed by atoms with Crippen LogP contribution < -0.4 is 16.0 Å². The number of hydrogen-bond donors (Lipinski definition) is 2. The average molecular weight is 411 g/mol. The van der Waals surface area contributed by atoms with Gasteiger partial charge in [0, 0.05) is 31.1 Å². The minimum absolute atomic E-state index is 0. The van der Waals surface area contributed by atoms with Crippen LogP contribution in [0.15, 0.2) is 23.6 Å². The van der Waals surface area contributed by atoms with Crippen LogP contribution in [0.2, 0.25) is 0 Å². The number of nitrogens with one attached hydrogen (secondary N) is 1. The van der Waals surface area contributed by atoms with Gasteiger partial charge in [0.1, 0.15) is 28.0 Å². The highest BCUT2D eigenvalue weighted by Gasteiger charge is 2.28. The summed E-state index contributed by atoms with van der Waals surface area (Å²) in [5, 5.41) is 5.19. The van der Waals surface area contributed by atoms with E-state index in [1.165, 1.54) is 29.5 Å². The number of rotatable bonds is 4. The molecule has 10 heteroatoms. The molecule has 0 saturated carbocycles. The molecule has 2 heterocycles. The summed E-state index contributed by atoms with van der Waals surface area (Å²) in [4.78, 5) is 17.9. The second-order valence-electron chi connectivity index (χ2n) is 5.31. The van der Waals surface area contributed by atoms with Crippen molar-refractivity contribution < 1.29 is 13.6 Å². The summed E-state index contributed by atoms with van der Waals surface area (Å²) < 4.78 is 27.6. The summed E-state index contributed by atoms with van der Waals surface area (Å²) in [5.74, 6) is -1.48. The third kappa shape index (κ3) is 4.78. The van der Waals surface area contributed by atoms with Crippen LogP contribution >= 0.6 is 36.2 Å². The van der Waals surface area contributed by atoms with Crippen molar-refractivity contribution in [3.05, 3.63) is 45.9 Å². The number of hydrogen-bond acceptors (Lipinski definition) is 5. The smallest absolute Gasteiger partial charge is 0.271 e. The lowest BCUT2D eigenvalue weighted by molar-refractivity contribution is 0.0936. The van der Waals surface area contributed by atoms with Crippen molar-refractivity contribution in [1.29, 1.82) is 0 Å². The van der Waals surface area contributed by atoms with E-state index in [0.29, 0.717) is 36.8 Å². The third-order valence-corrected chi connectivity index (χ3v) is 4.61. The Kier molecular flexibility index (Phi) is 8.01. The van der Waals surface area contributed by atoms with Crippen molar-refractivity contribution >= 4 is 47.7 Å². The summed E-state index contributed by atoms with van der Waals surface area (Å²) in [5.41, 5.74) is 5.76. The van der Waals surface area contributed by atoms with E-state index in [4.69, 9.17) is 5.73 Å². The number of aromatic nitrogens is 1. The van der Waals surface area contributed by atoms with Crippen LogP contribution in [-0.2, 0) is 6.54 Å². The molecule has 0 radical (unpaired) electrons. The highest BCUT2D eigenvalue weighted by Crippen LogP contribution is 2.26. The van der Waals surface area contributed by atoms with Gasteiger partial charge in [-0.1, -0.05) is 6.07 Å². The molecule has 0 spiro atoms. The zero-order chi connectivity index (χ0) is 16.4. The Hall–Kier alpha value is -1.48. The van der Waals surface area contributed by atoms with Gasteiger partial charge in [-0.3, -0.25) is 4.79 Å². The molecule has 1 amide bonds. The van der Waals surface area contributed by atoms with Crippen molar-refractivity contribution in [3.63, 3.8) is 0 Å². The molecule has 0 aliphatic carbocycles. The first-order valence-corrected chi connectivity index (χ1v) is 8.10. The quantitative estimate of drug-likeness (QED) is 0.812. The number of carbonyl (C=O) groups is 1. The highest BCUT2D eigenvalue weighted by molar-refractivity contribution is 7.09. The summed E-state index contributed by atoms with van der Waals surface area (Å²) >= 11 is 1.33. The molecule has 3 rings (SSSR count). The molecule has 1 aromatic heterocycles. The van der Waals surface area contributed by atoms with Gasteiger partial charge in [-0.15, -0.1) is 36.2 Å². The molecule has 138 valence electrons. The van der Waals surface area contributed by atoms with E-state index in [1.807, 2.05) is 0 Å². The van der Waals surface area contributed by atoms with Gasteiger partial charge in [-0.25, -0.2) is 13.8 Å². The van der Waals surface area contributed by atoms with Crippen molar-refractivity contribution in [2.75, 3.05) is 18.0 Å². The predicted molar refractivity (Wildman–Crippen MR) is 98.9 cm³/mol. The summed E-state index contributed by atoms with van der Waals surface area (Å²) in [6.45, 7) is 1.13. The number of anilines is 1.